The van der Waals surface area contributed by atoms with E-state index in [2.05, 4.69) is 9.97 Å². The topological polar surface area (TPSA) is 55.0 Å². The summed E-state index contributed by atoms with van der Waals surface area (Å²) in [6.07, 6.45) is -1.56. The molecule has 1 heterocycles. The summed E-state index contributed by atoms with van der Waals surface area (Å²) in [5.41, 5.74) is 5.89. The number of hydrogen-bond acceptors (Lipinski definition) is 4. The van der Waals surface area contributed by atoms with Gasteiger partial charge in [-0.1, -0.05) is 0 Å². The van der Waals surface area contributed by atoms with Crippen LogP contribution in [-0.2, 0) is 6.54 Å². The molecule has 1 aromatic rings. The Labute approximate surface area is 97.7 Å². The normalized spacial score (nSPS) is 11.9. The van der Waals surface area contributed by atoms with Gasteiger partial charge in [0.25, 0.3) is 0 Å². The van der Waals surface area contributed by atoms with E-state index in [1.54, 1.807) is 13.8 Å². The van der Waals surface area contributed by atoms with Crippen LogP contribution >= 0.6 is 0 Å². The molecule has 0 radical (unpaired) electrons. The van der Waals surface area contributed by atoms with Crippen LogP contribution in [0.2, 0.25) is 0 Å². The summed E-state index contributed by atoms with van der Waals surface area (Å²) in [5, 5.41) is 0. The van der Waals surface area contributed by atoms with Gasteiger partial charge >= 0.3 is 6.18 Å². The van der Waals surface area contributed by atoms with Crippen molar-refractivity contribution >= 4 is 5.82 Å². The van der Waals surface area contributed by atoms with Crippen LogP contribution in [0.1, 0.15) is 19.5 Å². The molecular weight excluding hydrogens is 233 g/mol. The molecule has 0 unspecified atom stereocenters. The van der Waals surface area contributed by atoms with Crippen molar-refractivity contribution in [3.05, 3.63) is 18.1 Å². The second-order valence-electron chi connectivity index (χ2n) is 3.91. The lowest BCUT2D eigenvalue weighted by Gasteiger charge is -2.28. The largest absolute Gasteiger partial charge is 0.405 e. The molecule has 0 saturated carbocycles. The highest BCUT2D eigenvalue weighted by Crippen LogP contribution is 2.22. The number of nitrogens with two attached hydrogens (primary N) is 1. The van der Waals surface area contributed by atoms with Crippen LogP contribution in [0.25, 0.3) is 0 Å². The lowest BCUT2D eigenvalue weighted by atomic mass is 10.3. The van der Waals surface area contributed by atoms with Gasteiger partial charge in [0.1, 0.15) is 12.4 Å². The van der Waals surface area contributed by atoms with Gasteiger partial charge < -0.3 is 10.6 Å². The maximum absolute atomic E-state index is 12.4. The van der Waals surface area contributed by atoms with Gasteiger partial charge in [-0.2, -0.15) is 13.2 Å². The predicted molar refractivity (Wildman–Crippen MR) is 58.5 cm³/mol. The smallest absolute Gasteiger partial charge is 0.344 e. The fourth-order valence-corrected chi connectivity index (χ4v) is 1.32. The van der Waals surface area contributed by atoms with E-state index in [0.717, 1.165) is 4.90 Å². The Kier molecular flexibility index (Phi) is 4.28. The van der Waals surface area contributed by atoms with E-state index in [4.69, 9.17) is 5.73 Å². The van der Waals surface area contributed by atoms with Crippen LogP contribution in [0.4, 0.5) is 19.0 Å². The Balaban J connectivity index is 2.89. The van der Waals surface area contributed by atoms with Crippen molar-refractivity contribution in [1.82, 2.24) is 9.97 Å². The molecule has 0 aliphatic carbocycles. The van der Waals surface area contributed by atoms with Gasteiger partial charge in [-0.3, -0.25) is 4.98 Å². The summed E-state index contributed by atoms with van der Waals surface area (Å²) >= 11 is 0. The lowest BCUT2D eigenvalue weighted by molar-refractivity contribution is -0.120. The van der Waals surface area contributed by atoms with Crippen molar-refractivity contribution in [2.75, 3.05) is 11.4 Å². The third-order valence-corrected chi connectivity index (χ3v) is 2.17. The summed E-state index contributed by atoms with van der Waals surface area (Å²) < 4.78 is 37.2. The zero-order valence-electron chi connectivity index (χ0n) is 9.70. The van der Waals surface area contributed by atoms with E-state index in [9.17, 15) is 13.2 Å². The van der Waals surface area contributed by atoms with Crippen LogP contribution in [-0.4, -0.2) is 28.7 Å². The Morgan fingerprint density at radius 3 is 2.29 bits per heavy atom. The molecule has 0 saturated heterocycles. The van der Waals surface area contributed by atoms with Crippen LogP contribution in [0.15, 0.2) is 12.4 Å². The molecule has 0 atom stereocenters. The average molecular weight is 248 g/mol. The highest BCUT2D eigenvalue weighted by atomic mass is 19.4. The fraction of sp³-hybridized carbons (Fsp3) is 0.600. The molecule has 96 valence electrons. The second kappa shape index (κ2) is 5.31. The van der Waals surface area contributed by atoms with Crippen LogP contribution in [0.3, 0.4) is 0 Å². The predicted octanol–water partition coefficient (Wildman–Crippen LogP) is 1.71. The minimum atomic E-state index is -4.27. The van der Waals surface area contributed by atoms with E-state index >= 15 is 0 Å². The first-order valence-electron chi connectivity index (χ1n) is 5.18. The molecule has 2 N–H and O–H groups in total. The molecule has 0 spiro atoms. The highest BCUT2D eigenvalue weighted by Gasteiger charge is 2.32. The van der Waals surface area contributed by atoms with Gasteiger partial charge in [-0.25, -0.2) is 4.98 Å². The average Bonchev–Trinajstić information content (AvgIpc) is 2.25. The summed E-state index contributed by atoms with van der Waals surface area (Å²) in [4.78, 5) is 9.02. The van der Waals surface area contributed by atoms with E-state index < -0.39 is 12.7 Å². The van der Waals surface area contributed by atoms with Gasteiger partial charge in [0.2, 0.25) is 0 Å². The number of halogens is 3. The van der Waals surface area contributed by atoms with Crippen LogP contribution < -0.4 is 10.6 Å². The Bertz CT molecular complexity index is 348. The molecule has 0 aliphatic rings. The van der Waals surface area contributed by atoms with Crippen molar-refractivity contribution in [2.24, 2.45) is 5.73 Å². The SMILES string of the molecule is CC(C)N(CC(F)(F)F)c1cnc(CN)cn1. The summed E-state index contributed by atoms with van der Waals surface area (Å²) in [6.45, 7) is 2.52. The molecule has 0 amide bonds. The molecular formula is C10H15F3N4. The maximum atomic E-state index is 12.4. The number of aromatic nitrogens is 2. The molecule has 0 aromatic carbocycles. The number of nitrogens with zero attached hydrogens (tertiary/aromatic N) is 3. The van der Waals surface area contributed by atoms with Crippen molar-refractivity contribution in [3.8, 4) is 0 Å². The monoisotopic (exact) mass is 248 g/mol. The maximum Gasteiger partial charge on any atom is 0.405 e. The van der Waals surface area contributed by atoms with Gasteiger partial charge in [0, 0.05) is 12.6 Å². The van der Waals surface area contributed by atoms with Gasteiger partial charge in [0.15, 0.2) is 0 Å². The third kappa shape index (κ3) is 4.18. The summed E-state index contributed by atoms with van der Waals surface area (Å²) in [6, 6.07) is -0.311. The quantitative estimate of drug-likeness (QED) is 0.881. The van der Waals surface area contributed by atoms with Crippen molar-refractivity contribution in [2.45, 2.75) is 32.6 Å². The van der Waals surface area contributed by atoms with Gasteiger partial charge in [-0.15, -0.1) is 0 Å². The molecule has 1 rings (SSSR count). The van der Waals surface area contributed by atoms with Crippen molar-refractivity contribution in [1.29, 1.82) is 0 Å². The van der Waals surface area contributed by atoms with Gasteiger partial charge in [0.05, 0.1) is 18.1 Å². The van der Waals surface area contributed by atoms with E-state index in [1.807, 2.05) is 0 Å². The van der Waals surface area contributed by atoms with E-state index in [-0.39, 0.29) is 18.4 Å². The first-order chi connectivity index (χ1) is 7.83. The molecule has 0 aliphatic heterocycles. The van der Waals surface area contributed by atoms with Crippen molar-refractivity contribution < 1.29 is 13.2 Å². The molecule has 4 nitrogen and oxygen atoms in total. The molecule has 7 heteroatoms. The number of rotatable bonds is 4. The zero-order chi connectivity index (χ0) is 13.1. The minimum absolute atomic E-state index is 0.203. The number of anilines is 1. The van der Waals surface area contributed by atoms with Crippen LogP contribution in [0, 0.1) is 0 Å². The molecule has 17 heavy (non-hydrogen) atoms. The Morgan fingerprint density at radius 2 is 1.94 bits per heavy atom. The fourth-order valence-electron chi connectivity index (χ4n) is 1.32. The third-order valence-electron chi connectivity index (χ3n) is 2.17. The first kappa shape index (κ1) is 13.7. The molecule has 0 fully saturated rings. The second-order valence-corrected chi connectivity index (χ2v) is 3.91. The zero-order valence-corrected chi connectivity index (χ0v) is 9.70. The van der Waals surface area contributed by atoms with E-state index in [1.165, 1.54) is 12.4 Å². The van der Waals surface area contributed by atoms with Crippen molar-refractivity contribution in [3.63, 3.8) is 0 Å². The summed E-state index contributed by atoms with van der Waals surface area (Å²) in [5.74, 6) is 0.203. The molecule has 1 aromatic heterocycles. The number of hydrogen-bond donors (Lipinski definition) is 1. The first-order valence-corrected chi connectivity index (χ1v) is 5.18. The number of alkyl halides is 3. The standard InChI is InChI=1S/C10H15F3N4/c1-7(2)17(6-10(11,12)13)9-5-15-8(3-14)4-16-9/h4-5,7H,3,6,14H2,1-2H3. The van der Waals surface area contributed by atoms with E-state index in [0.29, 0.717) is 5.69 Å². The minimum Gasteiger partial charge on any atom is -0.344 e. The summed E-state index contributed by atoms with van der Waals surface area (Å²) in [7, 11) is 0. The Hall–Kier alpha value is -1.37. The molecule has 0 bridgehead atoms. The Morgan fingerprint density at radius 1 is 1.29 bits per heavy atom. The van der Waals surface area contributed by atoms with Gasteiger partial charge in [-0.05, 0) is 13.8 Å². The van der Waals surface area contributed by atoms with Crippen LogP contribution in [0.5, 0.6) is 0 Å². The highest BCUT2D eigenvalue weighted by molar-refractivity contribution is 5.37. The lowest BCUT2D eigenvalue weighted by Crippen LogP contribution is -2.39.